The Hall–Kier alpha value is -3.42. The van der Waals surface area contributed by atoms with E-state index in [0.717, 1.165) is 0 Å². The van der Waals surface area contributed by atoms with Gasteiger partial charge in [-0.15, -0.1) is 0 Å². The highest BCUT2D eigenvalue weighted by molar-refractivity contribution is 5.92. The summed E-state index contributed by atoms with van der Waals surface area (Å²) >= 11 is 0. The molecule has 0 aliphatic rings. The van der Waals surface area contributed by atoms with Gasteiger partial charge in [0.1, 0.15) is 0 Å². The number of anilines is 4. The van der Waals surface area contributed by atoms with Gasteiger partial charge < -0.3 is 32.4 Å². The molecule has 0 aliphatic carbocycles. The first kappa shape index (κ1) is 20.6. The Kier molecular flexibility index (Phi) is 7.27. The van der Waals surface area contributed by atoms with Crippen LogP contribution in [-0.4, -0.2) is 25.2 Å². The van der Waals surface area contributed by atoms with Crippen LogP contribution in [-0.2, 0) is 9.47 Å². The second kappa shape index (κ2) is 9.16. The molecule has 2 aromatic carbocycles. The summed E-state index contributed by atoms with van der Waals surface area (Å²) < 4.78 is 9.49. The zero-order valence-corrected chi connectivity index (χ0v) is 15.0. The van der Waals surface area contributed by atoms with Gasteiger partial charge >= 0.3 is 11.9 Å². The number of methoxy groups -OCH3 is 1. The molecule has 8 nitrogen and oxygen atoms in total. The van der Waals surface area contributed by atoms with Crippen LogP contribution in [0.1, 0.15) is 34.6 Å². The molecule has 2 rings (SSSR count). The number of esters is 2. The van der Waals surface area contributed by atoms with Crippen molar-refractivity contribution >= 4 is 34.7 Å². The van der Waals surface area contributed by atoms with Crippen LogP contribution in [0.2, 0.25) is 0 Å². The maximum absolute atomic E-state index is 11.4. The van der Waals surface area contributed by atoms with Crippen molar-refractivity contribution in [3.05, 3.63) is 47.5 Å². The molecular formula is C18H24N4O4. The number of hydrogen-bond donors (Lipinski definition) is 4. The second-order valence-electron chi connectivity index (χ2n) is 5.68. The molecule has 140 valence electrons. The average molecular weight is 360 g/mol. The lowest BCUT2D eigenvalue weighted by Gasteiger charge is -2.08. The van der Waals surface area contributed by atoms with E-state index in [1.807, 2.05) is 0 Å². The molecule has 0 unspecified atom stereocenters. The molecule has 0 amide bonds. The number of ether oxygens (including phenoxy) is 2. The number of carbonyl (C=O) groups excluding carboxylic acids is 2. The van der Waals surface area contributed by atoms with Crippen LogP contribution in [0.15, 0.2) is 36.4 Å². The fourth-order valence-electron chi connectivity index (χ4n) is 1.90. The lowest BCUT2D eigenvalue weighted by Crippen LogP contribution is -2.12. The van der Waals surface area contributed by atoms with E-state index in [4.69, 9.17) is 27.7 Å². The zero-order valence-electron chi connectivity index (χ0n) is 15.0. The summed E-state index contributed by atoms with van der Waals surface area (Å²) in [4.78, 5) is 22.4. The molecule has 2 aromatic rings. The molecule has 8 N–H and O–H groups in total. The highest BCUT2D eigenvalue weighted by Crippen LogP contribution is 2.17. The Balaban J connectivity index is 0.000000263. The summed E-state index contributed by atoms with van der Waals surface area (Å²) in [6.45, 7) is 3.58. The molecule has 0 bridgehead atoms. The lowest BCUT2D eigenvalue weighted by molar-refractivity contribution is 0.0377. The summed E-state index contributed by atoms with van der Waals surface area (Å²) in [6, 6.07) is 9.31. The van der Waals surface area contributed by atoms with E-state index in [-0.39, 0.29) is 12.1 Å². The van der Waals surface area contributed by atoms with Crippen LogP contribution >= 0.6 is 0 Å². The minimum absolute atomic E-state index is 0.138. The highest BCUT2D eigenvalue weighted by atomic mass is 16.5. The Morgan fingerprint density at radius 2 is 1.38 bits per heavy atom. The summed E-state index contributed by atoms with van der Waals surface area (Å²) in [7, 11) is 1.31. The van der Waals surface area contributed by atoms with Gasteiger partial charge in [-0.1, -0.05) is 0 Å². The van der Waals surface area contributed by atoms with Gasteiger partial charge in [-0.25, -0.2) is 9.59 Å². The van der Waals surface area contributed by atoms with Crippen LogP contribution in [0.4, 0.5) is 22.7 Å². The summed E-state index contributed by atoms with van der Waals surface area (Å²) in [5, 5.41) is 0. The quantitative estimate of drug-likeness (QED) is 0.478. The SMILES string of the molecule is CC(C)OC(=O)c1ccc(N)c(N)c1.COC(=O)c1cc(N)cc(N)c1. The van der Waals surface area contributed by atoms with E-state index < -0.39 is 5.97 Å². The van der Waals surface area contributed by atoms with Crippen LogP contribution in [0.5, 0.6) is 0 Å². The fourth-order valence-corrected chi connectivity index (χ4v) is 1.90. The number of nitrogens with two attached hydrogens (primary N) is 4. The first-order valence-corrected chi connectivity index (χ1v) is 7.74. The van der Waals surface area contributed by atoms with Gasteiger partial charge in [0.15, 0.2) is 0 Å². The van der Waals surface area contributed by atoms with Gasteiger partial charge in [0.2, 0.25) is 0 Å². The zero-order chi connectivity index (χ0) is 19.9. The normalized spacial score (nSPS) is 9.85. The van der Waals surface area contributed by atoms with E-state index in [1.165, 1.54) is 25.3 Å². The van der Waals surface area contributed by atoms with E-state index in [0.29, 0.717) is 33.9 Å². The predicted octanol–water partition coefficient (Wildman–Crippen LogP) is 2.05. The highest BCUT2D eigenvalue weighted by Gasteiger charge is 2.10. The Labute approximate surface area is 152 Å². The molecule has 0 heterocycles. The minimum atomic E-state index is -0.436. The van der Waals surface area contributed by atoms with Crippen molar-refractivity contribution in [1.82, 2.24) is 0 Å². The van der Waals surface area contributed by atoms with Gasteiger partial charge in [0.25, 0.3) is 0 Å². The molecule has 0 saturated carbocycles. The first-order chi connectivity index (χ1) is 12.1. The van der Waals surface area contributed by atoms with Crippen LogP contribution in [0.3, 0.4) is 0 Å². The number of nitrogen functional groups attached to an aromatic ring is 4. The van der Waals surface area contributed by atoms with Crippen molar-refractivity contribution in [3.63, 3.8) is 0 Å². The van der Waals surface area contributed by atoms with E-state index in [1.54, 1.807) is 32.0 Å². The molecule has 8 heteroatoms. The number of carbonyl (C=O) groups is 2. The van der Waals surface area contributed by atoms with E-state index in [2.05, 4.69) is 4.74 Å². The fraction of sp³-hybridized carbons (Fsp3) is 0.222. The molecule has 26 heavy (non-hydrogen) atoms. The summed E-state index contributed by atoms with van der Waals surface area (Å²) in [5.74, 6) is -0.819. The maximum Gasteiger partial charge on any atom is 0.338 e. The second-order valence-corrected chi connectivity index (χ2v) is 5.68. The third kappa shape index (κ3) is 6.23. The van der Waals surface area contributed by atoms with Crippen LogP contribution < -0.4 is 22.9 Å². The minimum Gasteiger partial charge on any atom is -0.465 e. The van der Waals surface area contributed by atoms with Gasteiger partial charge in [-0.05, 0) is 50.2 Å². The van der Waals surface area contributed by atoms with Gasteiger partial charge in [-0.2, -0.15) is 0 Å². The van der Waals surface area contributed by atoms with Crippen molar-refractivity contribution in [1.29, 1.82) is 0 Å². The van der Waals surface area contributed by atoms with Crippen LogP contribution in [0, 0.1) is 0 Å². The number of benzene rings is 2. The van der Waals surface area contributed by atoms with E-state index in [9.17, 15) is 9.59 Å². The topological polar surface area (TPSA) is 157 Å². The Morgan fingerprint density at radius 1 is 0.808 bits per heavy atom. The molecule has 0 radical (unpaired) electrons. The molecule has 0 saturated heterocycles. The molecule has 0 spiro atoms. The number of rotatable bonds is 3. The molecular weight excluding hydrogens is 336 g/mol. The summed E-state index contributed by atoms with van der Waals surface area (Å²) in [6.07, 6.45) is -0.138. The smallest absolute Gasteiger partial charge is 0.338 e. The van der Waals surface area contributed by atoms with Crippen molar-refractivity contribution in [2.75, 3.05) is 30.0 Å². The van der Waals surface area contributed by atoms with Crippen molar-refractivity contribution < 1.29 is 19.1 Å². The largest absolute Gasteiger partial charge is 0.465 e. The first-order valence-electron chi connectivity index (χ1n) is 7.74. The third-order valence-electron chi connectivity index (χ3n) is 3.06. The van der Waals surface area contributed by atoms with Crippen molar-refractivity contribution in [2.45, 2.75) is 20.0 Å². The molecule has 0 aromatic heterocycles. The van der Waals surface area contributed by atoms with Crippen molar-refractivity contribution in [2.24, 2.45) is 0 Å². The Bertz CT molecular complexity index is 771. The monoisotopic (exact) mass is 360 g/mol. The van der Waals surface area contributed by atoms with E-state index >= 15 is 0 Å². The molecule has 0 fully saturated rings. The predicted molar refractivity (Wildman–Crippen MR) is 102 cm³/mol. The summed E-state index contributed by atoms with van der Waals surface area (Å²) in [5.41, 5.74) is 24.6. The Morgan fingerprint density at radius 3 is 1.85 bits per heavy atom. The average Bonchev–Trinajstić information content (AvgIpc) is 2.55. The molecule has 0 atom stereocenters. The standard InChI is InChI=1S/C10H14N2O2.C8H10N2O2/c1-6(2)14-10(13)7-3-4-8(11)9(12)5-7;1-12-8(11)5-2-6(9)4-7(10)3-5/h3-6H,11-12H2,1-2H3;2-4H,9-10H2,1H3. The maximum atomic E-state index is 11.4. The number of hydrogen-bond acceptors (Lipinski definition) is 8. The third-order valence-corrected chi connectivity index (χ3v) is 3.06. The van der Waals surface area contributed by atoms with Gasteiger partial charge in [-0.3, -0.25) is 0 Å². The van der Waals surface area contributed by atoms with Crippen LogP contribution in [0.25, 0.3) is 0 Å². The van der Waals surface area contributed by atoms with Crippen molar-refractivity contribution in [3.8, 4) is 0 Å². The van der Waals surface area contributed by atoms with Gasteiger partial charge in [0, 0.05) is 11.4 Å². The lowest BCUT2D eigenvalue weighted by atomic mass is 10.2. The molecule has 0 aliphatic heterocycles. The van der Waals surface area contributed by atoms with Gasteiger partial charge in [0.05, 0.1) is 35.7 Å².